The molecule has 0 aliphatic carbocycles. The van der Waals surface area contributed by atoms with Crippen LogP contribution in [-0.4, -0.2) is 20.2 Å². The molecule has 0 aliphatic rings. The van der Waals surface area contributed by atoms with E-state index in [4.69, 9.17) is 14.2 Å². The first-order chi connectivity index (χ1) is 7.62. The molecule has 1 rings (SSSR count). The highest BCUT2D eigenvalue weighted by Crippen LogP contribution is 2.38. The second kappa shape index (κ2) is 5.21. The summed E-state index contributed by atoms with van der Waals surface area (Å²) in [6, 6.07) is 3.43. The number of benzene rings is 1. The maximum Gasteiger partial charge on any atom is 0.308 e. The first-order valence-electron chi connectivity index (χ1n) is 4.69. The molecular weight excluding hydrogens is 208 g/mol. The van der Waals surface area contributed by atoms with Gasteiger partial charge in [0.1, 0.15) is 0 Å². The molecule has 0 bridgehead atoms. The molecule has 0 amide bonds. The minimum absolute atomic E-state index is 0.281. The molecule has 0 heterocycles. The van der Waals surface area contributed by atoms with Crippen LogP contribution in [0.1, 0.15) is 12.5 Å². The van der Waals surface area contributed by atoms with Crippen molar-refractivity contribution in [3.8, 4) is 17.2 Å². The Morgan fingerprint density at radius 2 is 1.75 bits per heavy atom. The van der Waals surface area contributed by atoms with Crippen LogP contribution < -0.4 is 14.2 Å². The molecule has 4 heteroatoms. The molecule has 0 unspecified atom stereocenters. The summed E-state index contributed by atoms with van der Waals surface area (Å²) in [5.74, 6) is 0.722. The number of ether oxygens (including phenoxy) is 3. The minimum Gasteiger partial charge on any atom is -0.493 e. The normalized spacial score (nSPS) is 9.44. The summed E-state index contributed by atoms with van der Waals surface area (Å²) in [4.78, 5) is 11.0. The van der Waals surface area contributed by atoms with Crippen LogP contribution in [0, 0.1) is 0 Å². The van der Waals surface area contributed by atoms with E-state index < -0.39 is 5.97 Å². The SMILES string of the molecule is C=Cc1cc(OC)c(OC(C)=O)c(OC)c1. The molecular formula is C12H14O4. The largest absolute Gasteiger partial charge is 0.493 e. The van der Waals surface area contributed by atoms with E-state index in [0.29, 0.717) is 11.5 Å². The van der Waals surface area contributed by atoms with E-state index in [1.54, 1.807) is 18.2 Å². The molecule has 1 aromatic carbocycles. The number of esters is 1. The molecule has 0 aromatic heterocycles. The maximum atomic E-state index is 11.0. The lowest BCUT2D eigenvalue weighted by Gasteiger charge is -2.13. The van der Waals surface area contributed by atoms with Crippen molar-refractivity contribution in [2.24, 2.45) is 0 Å². The van der Waals surface area contributed by atoms with Crippen molar-refractivity contribution in [1.29, 1.82) is 0 Å². The van der Waals surface area contributed by atoms with Gasteiger partial charge in [0.15, 0.2) is 11.5 Å². The molecule has 0 aliphatic heterocycles. The van der Waals surface area contributed by atoms with Crippen LogP contribution in [0.25, 0.3) is 6.08 Å². The van der Waals surface area contributed by atoms with Crippen molar-refractivity contribution < 1.29 is 19.0 Å². The van der Waals surface area contributed by atoms with E-state index >= 15 is 0 Å². The van der Waals surface area contributed by atoms with Crippen LogP contribution in [0.15, 0.2) is 18.7 Å². The molecule has 0 fully saturated rings. The van der Waals surface area contributed by atoms with Crippen molar-refractivity contribution in [1.82, 2.24) is 0 Å². The molecule has 0 N–H and O–H groups in total. The van der Waals surface area contributed by atoms with Gasteiger partial charge >= 0.3 is 5.97 Å². The monoisotopic (exact) mass is 222 g/mol. The van der Waals surface area contributed by atoms with Crippen LogP contribution >= 0.6 is 0 Å². The number of hydrogen-bond donors (Lipinski definition) is 0. The Morgan fingerprint density at radius 1 is 1.25 bits per heavy atom. The predicted octanol–water partition coefficient (Wildman–Crippen LogP) is 2.27. The Kier molecular flexibility index (Phi) is 3.94. The van der Waals surface area contributed by atoms with Gasteiger partial charge in [-0.25, -0.2) is 0 Å². The van der Waals surface area contributed by atoms with Gasteiger partial charge in [-0.3, -0.25) is 4.79 Å². The Bertz CT molecular complexity index is 384. The molecule has 0 saturated heterocycles. The van der Waals surface area contributed by atoms with Crippen LogP contribution in [-0.2, 0) is 4.79 Å². The smallest absolute Gasteiger partial charge is 0.308 e. The molecule has 0 radical (unpaired) electrons. The number of methoxy groups -OCH3 is 2. The van der Waals surface area contributed by atoms with Crippen molar-refractivity contribution in [3.63, 3.8) is 0 Å². The molecule has 1 aromatic rings. The van der Waals surface area contributed by atoms with Crippen molar-refractivity contribution in [3.05, 3.63) is 24.3 Å². The van der Waals surface area contributed by atoms with Gasteiger partial charge in [-0.05, 0) is 17.7 Å². The summed E-state index contributed by atoms with van der Waals surface area (Å²) >= 11 is 0. The summed E-state index contributed by atoms with van der Waals surface area (Å²) in [6.07, 6.45) is 1.66. The van der Waals surface area contributed by atoms with Crippen molar-refractivity contribution in [2.45, 2.75) is 6.92 Å². The fourth-order valence-electron chi connectivity index (χ4n) is 1.26. The van der Waals surface area contributed by atoms with Gasteiger partial charge in [0, 0.05) is 6.92 Å². The Morgan fingerprint density at radius 3 is 2.06 bits per heavy atom. The maximum absolute atomic E-state index is 11.0. The third kappa shape index (κ3) is 2.53. The fourth-order valence-corrected chi connectivity index (χ4v) is 1.26. The van der Waals surface area contributed by atoms with Crippen molar-refractivity contribution >= 4 is 12.0 Å². The van der Waals surface area contributed by atoms with Gasteiger partial charge in [-0.2, -0.15) is 0 Å². The highest BCUT2D eigenvalue weighted by Gasteiger charge is 2.14. The van der Waals surface area contributed by atoms with Crippen LogP contribution in [0.5, 0.6) is 17.2 Å². The topological polar surface area (TPSA) is 44.8 Å². The molecule has 0 saturated carbocycles. The third-order valence-electron chi connectivity index (χ3n) is 1.96. The summed E-state index contributed by atoms with van der Waals surface area (Å²) in [5, 5.41) is 0. The van der Waals surface area contributed by atoms with Crippen LogP contribution in [0.2, 0.25) is 0 Å². The number of carbonyl (C=O) groups is 1. The minimum atomic E-state index is -0.428. The quantitative estimate of drug-likeness (QED) is 0.579. The molecule has 0 atom stereocenters. The van der Waals surface area contributed by atoms with Gasteiger partial charge in [0.05, 0.1) is 14.2 Å². The Labute approximate surface area is 94.4 Å². The summed E-state index contributed by atoms with van der Waals surface area (Å²) in [6.45, 7) is 4.97. The second-order valence-electron chi connectivity index (χ2n) is 3.05. The zero-order valence-electron chi connectivity index (χ0n) is 9.57. The van der Waals surface area contributed by atoms with E-state index in [1.807, 2.05) is 0 Å². The number of rotatable bonds is 4. The van der Waals surface area contributed by atoms with Crippen LogP contribution in [0.3, 0.4) is 0 Å². The highest BCUT2D eigenvalue weighted by atomic mass is 16.6. The second-order valence-corrected chi connectivity index (χ2v) is 3.05. The number of carbonyl (C=O) groups excluding carboxylic acids is 1. The Balaban J connectivity index is 3.30. The van der Waals surface area contributed by atoms with E-state index in [1.165, 1.54) is 21.1 Å². The van der Waals surface area contributed by atoms with Crippen molar-refractivity contribution in [2.75, 3.05) is 14.2 Å². The lowest BCUT2D eigenvalue weighted by molar-refractivity contribution is -0.132. The average Bonchev–Trinajstić information content (AvgIpc) is 2.28. The standard InChI is InChI=1S/C12H14O4/c1-5-9-6-10(14-3)12(16-8(2)13)11(7-9)15-4/h5-7H,1H2,2-4H3. The van der Waals surface area contributed by atoms with Gasteiger partial charge in [0.25, 0.3) is 0 Å². The van der Waals surface area contributed by atoms with E-state index in [0.717, 1.165) is 5.56 Å². The molecule has 86 valence electrons. The van der Waals surface area contributed by atoms with Gasteiger partial charge < -0.3 is 14.2 Å². The highest BCUT2D eigenvalue weighted by molar-refractivity contribution is 5.73. The van der Waals surface area contributed by atoms with Gasteiger partial charge in [-0.15, -0.1) is 0 Å². The van der Waals surface area contributed by atoms with Gasteiger partial charge in [0.2, 0.25) is 5.75 Å². The fraction of sp³-hybridized carbons (Fsp3) is 0.250. The molecule has 16 heavy (non-hydrogen) atoms. The first kappa shape index (κ1) is 12.1. The number of hydrogen-bond acceptors (Lipinski definition) is 4. The Hall–Kier alpha value is -1.97. The van der Waals surface area contributed by atoms with Gasteiger partial charge in [-0.1, -0.05) is 12.7 Å². The molecule has 4 nitrogen and oxygen atoms in total. The summed E-state index contributed by atoms with van der Waals surface area (Å²) in [5.41, 5.74) is 0.824. The zero-order chi connectivity index (χ0) is 12.1. The van der Waals surface area contributed by atoms with Crippen LogP contribution in [0.4, 0.5) is 0 Å². The van der Waals surface area contributed by atoms with E-state index in [2.05, 4.69) is 6.58 Å². The lowest BCUT2D eigenvalue weighted by Crippen LogP contribution is -2.05. The van der Waals surface area contributed by atoms with E-state index in [9.17, 15) is 4.79 Å². The zero-order valence-corrected chi connectivity index (χ0v) is 9.57. The predicted molar refractivity (Wildman–Crippen MR) is 60.9 cm³/mol. The third-order valence-corrected chi connectivity index (χ3v) is 1.96. The summed E-state index contributed by atoms with van der Waals surface area (Å²) < 4.78 is 15.3. The lowest BCUT2D eigenvalue weighted by atomic mass is 10.2. The first-order valence-corrected chi connectivity index (χ1v) is 4.69. The average molecular weight is 222 g/mol. The summed E-state index contributed by atoms with van der Waals surface area (Å²) in [7, 11) is 2.99. The van der Waals surface area contributed by atoms with E-state index in [-0.39, 0.29) is 5.75 Å². The molecule has 0 spiro atoms.